The van der Waals surface area contributed by atoms with Gasteiger partial charge in [-0.05, 0) is 35.8 Å². The fourth-order valence-electron chi connectivity index (χ4n) is 4.34. The second-order valence-electron chi connectivity index (χ2n) is 6.62. The highest BCUT2D eigenvalue weighted by atomic mass is 16.1. The van der Waals surface area contributed by atoms with E-state index < -0.39 is 5.41 Å². The highest BCUT2D eigenvalue weighted by Crippen LogP contribution is 2.66. The predicted molar refractivity (Wildman–Crippen MR) is 79.0 cm³/mol. The summed E-state index contributed by atoms with van der Waals surface area (Å²) in [6.45, 7) is 4.30. The number of ketones is 1. The maximum Gasteiger partial charge on any atom is 0.147 e. The Morgan fingerprint density at radius 2 is 1.95 bits per heavy atom. The summed E-state index contributed by atoms with van der Waals surface area (Å²) < 4.78 is 0. The molecule has 2 heteroatoms. The van der Waals surface area contributed by atoms with Crippen LogP contribution in [0.4, 0.5) is 0 Å². The third-order valence-electron chi connectivity index (χ3n) is 5.64. The number of Topliss-reactive ketones (excluding diaryl/α,β-unsaturated/α-hetero) is 1. The van der Waals surface area contributed by atoms with E-state index in [-0.39, 0.29) is 11.2 Å². The van der Waals surface area contributed by atoms with Crippen molar-refractivity contribution in [2.75, 3.05) is 0 Å². The Morgan fingerprint density at radius 1 is 1.25 bits per heavy atom. The van der Waals surface area contributed by atoms with E-state index in [4.69, 9.17) is 0 Å². The topological polar surface area (TPSA) is 34.1 Å². The van der Waals surface area contributed by atoms with Crippen LogP contribution in [0.3, 0.4) is 0 Å². The normalized spacial score (nSPS) is 31.6. The van der Waals surface area contributed by atoms with Crippen LogP contribution in [0.5, 0.6) is 0 Å². The fraction of sp³-hybridized carbons (Fsp3) is 0.444. The van der Waals surface area contributed by atoms with Crippen molar-refractivity contribution < 1.29 is 9.59 Å². The molecule has 0 aliphatic heterocycles. The van der Waals surface area contributed by atoms with Gasteiger partial charge in [0.1, 0.15) is 12.1 Å². The number of fused-ring (bicyclic) bond motifs is 2. The van der Waals surface area contributed by atoms with Crippen LogP contribution >= 0.6 is 0 Å². The summed E-state index contributed by atoms with van der Waals surface area (Å²) in [5.41, 5.74) is 0.988. The lowest BCUT2D eigenvalue weighted by Gasteiger charge is -2.36. The van der Waals surface area contributed by atoms with E-state index in [9.17, 15) is 9.59 Å². The van der Waals surface area contributed by atoms with Gasteiger partial charge in [-0.1, -0.05) is 44.2 Å². The molecule has 0 saturated heterocycles. The summed E-state index contributed by atoms with van der Waals surface area (Å²) in [6.07, 6.45) is 5.31. The molecular weight excluding hydrogens is 248 g/mol. The van der Waals surface area contributed by atoms with E-state index >= 15 is 0 Å². The number of aldehydes is 1. The molecule has 2 bridgehead atoms. The summed E-state index contributed by atoms with van der Waals surface area (Å²) in [6, 6.07) is 9.79. The molecule has 0 spiro atoms. The van der Waals surface area contributed by atoms with Crippen LogP contribution in [0.2, 0.25) is 0 Å². The van der Waals surface area contributed by atoms with Crippen LogP contribution in [0, 0.1) is 16.7 Å². The smallest absolute Gasteiger partial charge is 0.147 e. The van der Waals surface area contributed by atoms with E-state index in [0.717, 1.165) is 24.7 Å². The second-order valence-corrected chi connectivity index (χ2v) is 6.62. The van der Waals surface area contributed by atoms with Gasteiger partial charge in [0.15, 0.2) is 0 Å². The number of benzene rings is 1. The van der Waals surface area contributed by atoms with Crippen LogP contribution in [0.25, 0.3) is 6.08 Å². The number of hydrogen-bond donors (Lipinski definition) is 0. The number of rotatable bonds is 3. The first-order valence-corrected chi connectivity index (χ1v) is 7.28. The molecule has 0 amide bonds. The Bertz CT molecular complexity index is 583. The molecule has 1 aromatic carbocycles. The molecule has 3 rings (SSSR count). The van der Waals surface area contributed by atoms with Crippen LogP contribution in [0.1, 0.15) is 38.7 Å². The lowest BCUT2D eigenvalue weighted by Crippen LogP contribution is -2.38. The molecule has 2 fully saturated rings. The predicted octanol–water partition coefficient (Wildman–Crippen LogP) is 3.66. The molecule has 2 aliphatic rings. The van der Waals surface area contributed by atoms with Gasteiger partial charge in [0.05, 0.1) is 5.41 Å². The molecule has 2 nitrogen and oxygen atoms in total. The minimum Gasteiger partial charge on any atom is -0.299 e. The van der Waals surface area contributed by atoms with Gasteiger partial charge in [0.25, 0.3) is 0 Å². The van der Waals surface area contributed by atoms with E-state index in [1.807, 2.05) is 36.4 Å². The van der Waals surface area contributed by atoms with E-state index in [1.54, 1.807) is 0 Å². The van der Waals surface area contributed by atoms with Gasteiger partial charge in [-0.2, -0.15) is 0 Å². The summed E-state index contributed by atoms with van der Waals surface area (Å²) in [5, 5.41) is 0. The van der Waals surface area contributed by atoms with Gasteiger partial charge in [0, 0.05) is 12.0 Å². The zero-order valence-electron chi connectivity index (χ0n) is 12.1. The number of allylic oxidation sites excluding steroid dienone is 1. The van der Waals surface area contributed by atoms with Gasteiger partial charge in [-0.25, -0.2) is 0 Å². The molecule has 2 atom stereocenters. The average molecular weight is 268 g/mol. The van der Waals surface area contributed by atoms with E-state index in [0.29, 0.717) is 17.9 Å². The summed E-state index contributed by atoms with van der Waals surface area (Å²) in [7, 11) is 0. The van der Waals surface area contributed by atoms with Crippen molar-refractivity contribution in [3.05, 3.63) is 41.5 Å². The third kappa shape index (κ3) is 1.57. The molecule has 2 unspecified atom stereocenters. The molecule has 0 N–H and O–H groups in total. The SMILES string of the molecule is CC1(C)C2CCC1(C(C=O)=Cc1ccccc1)C(=O)C2. The molecule has 1 aromatic rings. The summed E-state index contributed by atoms with van der Waals surface area (Å²) >= 11 is 0. The van der Waals surface area contributed by atoms with Crippen molar-refractivity contribution in [2.24, 2.45) is 16.7 Å². The Morgan fingerprint density at radius 3 is 2.45 bits per heavy atom. The van der Waals surface area contributed by atoms with Gasteiger partial charge in [0.2, 0.25) is 0 Å². The zero-order chi connectivity index (χ0) is 14.4. The first-order chi connectivity index (χ1) is 9.52. The van der Waals surface area contributed by atoms with Gasteiger partial charge in [-0.15, -0.1) is 0 Å². The Kier molecular flexibility index (Phi) is 2.93. The quantitative estimate of drug-likeness (QED) is 0.619. The maximum absolute atomic E-state index is 12.6. The van der Waals surface area contributed by atoms with Crippen LogP contribution in [-0.4, -0.2) is 12.1 Å². The Labute approximate surface area is 119 Å². The average Bonchev–Trinajstić information content (AvgIpc) is 2.80. The van der Waals surface area contributed by atoms with Crippen LogP contribution < -0.4 is 0 Å². The molecule has 2 aliphatic carbocycles. The van der Waals surface area contributed by atoms with Gasteiger partial charge >= 0.3 is 0 Å². The van der Waals surface area contributed by atoms with Gasteiger partial charge < -0.3 is 0 Å². The zero-order valence-corrected chi connectivity index (χ0v) is 12.1. The standard InChI is InChI=1S/C18H20O2/c1-17(2)14-8-9-18(17,16(20)11-14)15(12-19)10-13-6-4-3-5-7-13/h3-7,10,12,14H,8-9,11H2,1-2H3. The van der Waals surface area contributed by atoms with E-state index in [2.05, 4.69) is 13.8 Å². The summed E-state index contributed by atoms with van der Waals surface area (Å²) in [5.74, 6) is 0.683. The minimum atomic E-state index is -0.560. The van der Waals surface area contributed by atoms with Crippen LogP contribution in [0.15, 0.2) is 35.9 Å². The van der Waals surface area contributed by atoms with Crippen molar-refractivity contribution in [3.63, 3.8) is 0 Å². The first-order valence-electron chi connectivity index (χ1n) is 7.28. The Balaban J connectivity index is 2.12. The van der Waals surface area contributed by atoms with Crippen molar-refractivity contribution in [1.82, 2.24) is 0 Å². The molecule has 0 aromatic heterocycles. The van der Waals surface area contributed by atoms with Crippen molar-refractivity contribution in [1.29, 1.82) is 0 Å². The van der Waals surface area contributed by atoms with Crippen LogP contribution in [-0.2, 0) is 9.59 Å². The third-order valence-corrected chi connectivity index (χ3v) is 5.64. The lowest BCUT2D eigenvalue weighted by molar-refractivity contribution is -0.128. The molecule has 0 radical (unpaired) electrons. The molecule has 20 heavy (non-hydrogen) atoms. The summed E-state index contributed by atoms with van der Waals surface area (Å²) in [4.78, 5) is 24.3. The monoisotopic (exact) mass is 268 g/mol. The highest BCUT2D eigenvalue weighted by Gasteiger charge is 2.65. The van der Waals surface area contributed by atoms with Crippen molar-refractivity contribution in [3.8, 4) is 0 Å². The van der Waals surface area contributed by atoms with Gasteiger partial charge in [-0.3, -0.25) is 9.59 Å². The minimum absolute atomic E-state index is 0.106. The largest absolute Gasteiger partial charge is 0.299 e. The fourth-order valence-corrected chi connectivity index (χ4v) is 4.34. The molecular formula is C18H20O2. The van der Waals surface area contributed by atoms with Crippen molar-refractivity contribution in [2.45, 2.75) is 33.1 Å². The molecule has 2 saturated carbocycles. The Hall–Kier alpha value is -1.70. The number of carbonyl (C=O) groups excluding carboxylic acids is 2. The highest BCUT2D eigenvalue weighted by molar-refractivity contribution is 6.01. The van der Waals surface area contributed by atoms with Crippen molar-refractivity contribution >= 4 is 18.1 Å². The second kappa shape index (κ2) is 4.41. The maximum atomic E-state index is 12.6. The first kappa shape index (κ1) is 13.3. The lowest BCUT2D eigenvalue weighted by atomic mass is 9.64. The number of carbonyl (C=O) groups is 2. The molecule has 0 heterocycles. The van der Waals surface area contributed by atoms with E-state index in [1.165, 1.54) is 0 Å². The number of hydrogen-bond acceptors (Lipinski definition) is 2. The molecule has 104 valence electrons.